The smallest absolute Gasteiger partial charge is 0.416 e. The Hall–Kier alpha value is -1.69. The van der Waals surface area contributed by atoms with Crippen LogP contribution in [0.1, 0.15) is 38.3 Å². The fraction of sp³-hybridized carbons (Fsp3) is 0.667. The standard InChI is InChI=1S/C15H22N4O2/c1-15(2)10-21-14(20)19(15)13-9-16-12(8-17-13)11-4-6-18(3)7-5-11/h8-9,11H,4-7,10H2,1-3H3. The lowest BCUT2D eigenvalue weighted by Crippen LogP contribution is -2.42. The molecule has 0 radical (unpaired) electrons. The van der Waals surface area contributed by atoms with E-state index in [0.717, 1.165) is 31.6 Å². The topological polar surface area (TPSA) is 58.6 Å². The van der Waals surface area contributed by atoms with E-state index in [0.29, 0.717) is 18.3 Å². The van der Waals surface area contributed by atoms with Crippen LogP contribution in [0.2, 0.25) is 0 Å². The highest BCUT2D eigenvalue weighted by atomic mass is 16.6. The van der Waals surface area contributed by atoms with E-state index < -0.39 is 0 Å². The van der Waals surface area contributed by atoms with Crippen LogP contribution >= 0.6 is 0 Å². The molecule has 0 atom stereocenters. The summed E-state index contributed by atoms with van der Waals surface area (Å²) in [4.78, 5) is 24.8. The molecule has 114 valence electrons. The van der Waals surface area contributed by atoms with Gasteiger partial charge in [-0.25, -0.2) is 9.78 Å². The summed E-state index contributed by atoms with van der Waals surface area (Å²) >= 11 is 0. The molecule has 0 N–H and O–H groups in total. The summed E-state index contributed by atoms with van der Waals surface area (Å²) in [5.74, 6) is 1.04. The van der Waals surface area contributed by atoms with Crippen molar-refractivity contribution in [1.29, 1.82) is 0 Å². The number of amides is 1. The molecule has 3 heterocycles. The van der Waals surface area contributed by atoms with E-state index in [1.807, 2.05) is 20.0 Å². The van der Waals surface area contributed by atoms with Crippen molar-refractivity contribution < 1.29 is 9.53 Å². The average molecular weight is 290 g/mol. The maximum absolute atomic E-state index is 11.8. The summed E-state index contributed by atoms with van der Waals surface area (Å²) in [6.45, 7) is 6.50. The molecule has 1 amide bonds. The lowest BCUT2D eigenvalue weighted by atomic mass is 9.94. The fourth-order valence-electron chi connectivity index (χ4n) is 2.98. The van der Waals surface area contributed by atoms with Crippen LogP contribution in [0.25, 0.3) is 0 Å². The quantitative estimate of drug-likeness (QED) is 0.834. The molecule has 0 aliphatic carbocycles. The zero-order chi connectivity index (χ0) is 15.0. The number of anilines is 1. The zero-order valence-corrected chi connectivity index (χ0v) is 12.9. The number of hydrogen-bond acceptors (Lipinski definition) is 5. The van der Waals surface area contributed by atoms with Crippen molar-refractivity contribution in [3.8, 4) is 0 Å². The normalized spacial score (nSPS) is 23.4. The lowest BCUT2D eigenvalue weighted by Gasteiger charge is -2.29. The number of piperidine rings is 1. The van der Waals surface area contributed by atoms with Gasteiger partial charge in [0.25, 0.3) is 0 Å². The number of cyclic esters (lactones) is 1. The van der Waals surface area contributed by atoms with Crippen molar-refractivity contribution in [2.24, 2.45) is 0 Å². The van der Waals surface area contributed by atoms with Gasteiger partial charge >= 0.3 is 6.09 Å². The molecule has 21 heavy (non-hydrogen) atoms. The minimum atomic E-state index is -0.374. The second kappa shape index (κ2) is 5.26. The fourth-order valence-corrected chi connectivity index (χ4v) is 2.98. The van der Waals surface area contributed by atoms with Gasteiger partial charge in [-0.2, -0.15) is 0 Å². The van der Waals surface area contributed by atoms with Crippen molar-refractivity contribution in [2.75, 3.05) is 31.6 Å². The van der Waals surface area contributed by atoms with Crippen LogP contribution in [-0.4, -0.2) is 53.2 Å². The van der Waals surface area contributed by atoms with Crippen molar-refractivity contribution in [3.63, 3.8) is 0 Å². The van der Waals surface area contributed by atoms with Crippen LogP contribution in [0.5, 0.6) is 0 Å². The van der Waals surface area contributed by atoms with Gasteiger partial charge in [-0.05, 0) is 46.8 Å². The van der Waals surface area contributed by atoms with Crippen molar-refractivity contribution >= 4 is 11.9 Å². The van der Waals surface area contributed by atoms with E-state index >= 15 is 0 Å². The maximum atomic E-state index is 11.8. The van der Waals surface area contributed by atoms with Crippen LogP contribution in [0.15, 0.2) is 12.4 Å². The van der Waals surface area contributed by atoms with Crippen molar-refractivity contribution in [2.45, 2.75) is 38.1 Å². The first-order valence-corrected chi connectivity index (χ1v) is 7.45. The van der Waals surface area contributed by atoms with Gasteiger partial charge in [-0.15, -0.1) is 0 Å². The Balaban J connectivity index is 1.77. The second-order valence-corrected chi connectivity index (χ2v) is 6.58. The summed E-state index contributed by atoms with van der Waals surface area (Å²) in [5, 5.41) is 0. The summed E-state index contributed by atoms with van der Waals surface area (Å²) in [6, 6.07) is 0. The summed E-state index contributed by atoms with van der Waals surface area (Å²) in [6.07, 6.45) is 5.39. The molecule has 6 nitrogen and oxygen atoms in total. The van der Waals surface area contributed by atoms with Crippen molar-refractivity contribution in [3.05, 3.63) is 18.1 Å². The minimum absolute atomic E-state index is 0.346. The molecule has 2 fully saturated rings. The number of aromatic nitrogens is 2. The molecule has 2 aliphatic rings. The molecule has 0 spiro atoms. The van der Waals surface area contributed by atoms with E-state index in [1.165, 1.54) is 0 Å². The molecule has 0 saturated carbocycles. The number of carbonyl (C=O) groups excluding carboxylic acids is 1. The van der Waals surface area contributed by atoms with Crippen molar-refractivity contribution in [1.82, 2.24) is 14.9 Å². The van der Waals surface area contributed by atoms with Crippen LogP contribution in [-0.2, 0) is 4.74 Å². The largest absolute Gasteiger partial charge is 0.447 e. The van der Waals surface area contributed by atoms with E-state index in [2.05, 4.69) is 21.9 Å². The number of ether oxygens (including phenoxy) is 1. The van der Waals surface area contributed by atoms with Crippen LogP contribution in [0.4, 0.5) is 10.6 Å². The van der Waals surface area contributed by atoms with Crippen LogP contribution < -0.4 is 4.90 Å². The Morgan fingerprint density at radius 1 is 1.24 bits per heavy atom. The van der Waals surface area contributed by atoms with Gasteiger partial charge in [0.2, 0.25) is 0 Å². The first kappa shape index (κ1) is 14.3. The predicted molar refractivity (Wildman–Crippen MR) is 79.4 cm³/mol. The molecule has 0 unspecified atom stereocenters. The van der Waals surface area contributed by atoms with E-state index in [1.54, 1.807) is 11.1 Å². The first-order chi connectivity index (χ1) is 9.97. The highest BCUT2D eigenvalue weighted by molar-refractivity contribution is 5.89. The molecule has 6 heteroatoms. The third kappa shape index (κ3) is 2.72. The number of hydrogen-bond donors (Lipinski definition) is 0. The monoisotopic (exact) mass is 290 g/mol. The second-order valence-electron chi connectivity index (χ2n) is 6.58. The summed E-state index contributed by atoms with van der Waals surface area (Å²) < 4.78 is 5.11. The van der Waals surface area contributed by atoms with Gasteiger partial charge in [0.15, 0.2) is 5.82 Å². The Morgan fingerprint density at radius 2 is 1.95 bits per heavy atom. The maximum Gasteiger partial charge on any atom is 0.416 e. The first-order valence-electron chi connectivity index (χ1n) is 7.45. The summed E-state index contributed by atoms with van der Waals surface area (Å²) in [5.41, 5.74) is 0.651. The molecule has 2 aliphatic heterocycles. The molecule has 1 aromatic heterocycles. The predicted octanol–water partition coefficient (Wildman–Crippen LogP) is 2.02. The van der Waals surface area contributed by atoms with Gasteiger partial charge in [0.1, 0.15) is 6.61 Å². The van der Waals surface area contributed by atoms with Gasteiger partial charge in [0, 0.05) is 5.92 Å². The molecular weight excluding hydrogens is 268 g/mol. The van der Waals surface area contributed by atoms with Crippen LogP contribution in [0, 0.1) is 0 Å². The van der Waals surface area contributed by atoms with Gasteiger partial charge in [0.05, 0.1) is 23.6 Å². The number of rotatable bonds is 2. The molecule has 0 bridgehead atoms. The van der Waals surface area contributed by atoms with E-state index in [-0.39, 0.29) is 11.6 Å². The highest BCUT2D eigenvalue weighted by Gasteiger charge is 2.42. The zero-order valence-electron chi connectivity index (χ0n) is 12.9. The average Bonchev–Trinajstić information content (AvgIpc) is 2.74. The number of nitrogens with zero attached hydrogens (tertiary/aromatic N) is 4. The number of likely N-dealkylation sites (tertiary alicyclic amines) is 1. The highest BCUT2D eigenvalue weighted by Crippen LogP contribution is 2.30. The minimum Gasteiger partial charge on any atom is -0.447 e. The Labute approximate surface area is 125 Å². The third-order valence-corrected chi connectivity index (χ3v) is 4.36. The van der Waals surface area contributed by atoms with Crippen LogP contribution in [0.3, 0.4) is 0 Å². The van der Waals surface area contributed by atoms with E-state index in [9.17, 15) is 4.79 Å². The molecule has 0 aromatic carbocycles. The SMILES string of the molecule is CN1CCC(c2cnc(N3C(=O)OCC3(C)C)cn2)CC1. The lowest BCUT2D eigenvalue weighted by molar-refractivity contribution is 0.175. The van der Waals surface area contributed by atoms with Gasteiger partial charge in [-0.3, -0.25) is 9.88 Å². The van der Waals surface area contributed by atoms with E-state index in [4.69, 9.17) is 4.74 Å². The molecule has 3 rings (SSSR count). The Morgan fingerprint density at radius 3 is 2.48 bits per heavy atom. The van der Waals surface area contributed by atoms with Gasteiger partial charge < -0.3 is 9.64 Å². The number of carbonyl (C=O) groups is 1. The molecule has 2 saturated heterocycles. The molecular formula is C15H22N4O2. The van der Waals surface area contributed by atoms with Gasteiger partial charge in [-0.1, -0.05) is 0 Å². The Kier molecular flexibility index (Phi) is 3.57. The third-order valence-electron chi connectivity index (χ3n) is 4.36. The molecule has 1 aromatic rings. The Bertz CT molecular complexity index is 521. The summed E-state index contributed by atoms with van der Waals surface area (Å²) in [7, 11) is 2.14.